The van der Waals surface area contributed by atoms with Crippen molar-refractivity contribution < 1.29 is 85.7 Å². The Balaban J connectivity index is 1.24. The van der Waals surface area contributed by atoms with Gasteiger partial charge in [0.05, 0.1) is 97.7 Å². The van der Waals surface area contributed by atoms with E-state index in [-0.39, 0.29) is 63.2 Å². The van der Waals surface area contributed by atoms with Crippen LogP contribution in [0.15, 0.2) is 60.8 Å². The van der Waals surface area contributed by atoms with Crippen LogP contribution in [0.1, 0.15) is 185 Å². The Labute approximate surface area is 593 Å². The van der Waals surface area contributed by atoms with Gasteiger partial charge in [0.25, 0.3) is 0 Å². The zero-order chi connectivity index (χ0) is 73.8. The number of urea groups is 2. The first kappa shape index (κ1) is 86.9. The maximum Gasteiger partial charge on any atom is 0.407 e. The molecule has 27 nitrogen and oxygen atoms in total. The number of hydrogen-bond donors (Lipinski definition) is 6. The van der Waals surface area contributed by atoms with Gasteiger partial charge in [-0.3, -0.25) is 14.4 Å². The minimum Gasteiger partial charge on any atom is -0.460 e. The Morgan fingerprint density at radius 2 is 1.05 bits per heavy atom. The number of Topliss-reactive ketones (excluding diaryl/α,β-unsaturated/α-hetero) is 1. The van der Waals surface area contributed by atoms with E-state index < -0.39 is 76.4 Å². The van der Waals surface area contributed by atoms with Crippen LogP contribution in [-0.4, -0.2) is 190 Å². The second-order valence-corrected chi connectivity index (χ2v) is 28.5. The number of ether oxygens (including phenoxy) is 10. The van der Waals surface area contributed by atoms with Crippen LogP contribution in [-0.2, 0) is 84.5 Å². The predicted octanol–water partition coefficient (Wildman–Crippen LogP) is 10.4. The van der Waals surface area contributed by atoms with Crippen LogP contribution in [0.4, 0.5) is 20.1 Å². The van der Waals surface area contributed by atoms with Crippen molar-refractivity contribution in [2.45, 2.75) is 228 Å². The molecular formula is C73H119N9O18. The monoisotopic (exact) mass is 1410 g/mol. The molecule has 0 aliphatic carbocycles. The summed E-state index contributed by atoms with van der Waals surface area (Å²) < 4.78 is 57.7. The molecule has 100 heavy (non-hydrogen) atoms. The van der Waals surface area contributed by atoms with Gasteiger partial charge in [-0.25, -0.2) is 28.7 Å². The lowest BCUT2D eigenvalue weighted by molar-refractivity contribution is -0.159. The first-order valence-corrected chi connectivity index (χ1v) is 35.4. The topological polar surface area (TPSA) is 332 Å². The van der Waals surface area contributed by atoms with Gasteiger partial charge in [-0.05, 0) is 137 Å². The van der Waals surface area contributed by atoms with E-state index >= 15 is 0 Å². The number of unbranched alkanes of at least 4 members (excludes halogenated alkanes) is 4. The van der Waals surface area contributed by atoms with E-state index in [1.54, 1.807) is 79.3 Å². The predicted molar refractivity (Wildman–Crippen MR) is 379 cm³/mol. The molecule has 2 aromatic carbocycles. The highest BCUT2D eigenvalue weighted by Gasteiger charge is 2.33. The largest absolute Gasteiger partial charge is 0.460 e. The third-order valence-corrected chi connectivity index (χ3v) is 14.9. The lowest BCUT2D eigenvalue weighted by atomic mass is 9.84. The van der Waals surface area contributed by atoms with Gasteiger partial charge in [-0.15, -0.1) is 5.10 Å². The highest BCUT2D eigenvalue weighted by Crippen LogP contribution is 2.26. The number of rotatable bonds is 50. The number of alkyl carbamates (subject to hydrolysis) is 1. The molecule has 564 valence electrons. The van der Waals surface area contributed by atoms with Crippen molar-refractivity contribution in [3.63, 3.8) is 0 Å². The lowest BCUT2D eigenvalue weighted by Gasteiger charge is -2.32. The number of amides is 6. The highest BCUT2D eigenvalue weighted by molar-refractivity contribution is 5.91. The molecule has 0 bridgehead atoms. The van der Waals surface area contributed by atoms with Crippen LogP contribution in [0, 0.1) is 11.3 Å². The number of benzene rings is 2. The molecule has 0 radical (unpaired) electrons. The normalized spacial score (nSPS) is 13.1. The third kappa shape index (κ3) is 42.1. The molecule has 4 atom stereocenters. The lowest BCUT2D eigenvalue weighted by Crippen LogP contribution is -2.53. The van der Waals surface area contributed by atoms with E-state index in [9.17, 15) is 38.4 Å². The Morgan fingerprint density at radius 3 is 1.60 bits per heavy atom. The fourth-order valence-electron chi connectivity index (χ4n) is 9.84. The highest BCUT2D eigenvalue weighted by atomic mass is 16.6. The maximum atomic E-state index is 13.7. The summed E-state index contributed by atoms with van der Waals surface area (Å²) in [5, 5.41) is 25.4. The standard InChI is InChI=1S/C73H119N9O18/c1-14-15-17-27-56(64(85)78-59(65(86)99-72(8,9)10)30-21-23-36-75-69(90)97-53-54-25-18-16-19-26-54)51-58(83)34-38-91-40-42-93-44-46-95-48-49-96-47-45-94-43-41-92-39-37-82-61(52-76-81-82)55-28-24-29-57(50-55)77-67(88)74-35-22-20-31-60(66(87)100-73(11,12)13)79-68(89)80-62(70(2,3)4)32-33-63(84)98-71(5,6)7/h16,18-19,24-26,28-29,50,52,56,59-60,62H,14-15,17,20-23,27,30-49,51,53H2,1-13H3,(H,75,90)(H,78,85)(H2,74,77,88)(H2,79,80,89)/t56-,59+,60+,62+/m1/s1. The molecule has 1 heterocycles. The molecule has 3 rings (SSSR count). The van der Waals surface area contributed by atoms with E-state index in [4.69, 9.17) is 47.4 Å². The van der Waals surface area contributed by atoms with Gasteiger partial charge >= 0.3 is 36.1 Å². The quantitative estimate of drug-likeness (QED) is 0.0174. The van der Waals surface area contributed by atoms with E-state index in [1.807, 2.05) is 69.3 Å². The molecule has 0 saturated carbocycles. The fourth-order valence-corrected chi connectivity index (χ4v) is 9.84. The third-order valence-electron chi connectivity index (χ3n) is 14.9. The van der Waals surface area contributed by atoms with Gasteiger partial charge in [0.2, 0.25) is 5.91 Å². The zero-order valence-electron chi connectivity index (χ0n) is 62.0. The summed E-state index contributed by atoms with van der Waals surface area (Å²) in [7, 11) is 0. The number of nitrogens with one attached hydrogen (secondary N) is 6. The number of aromatic nitrogens is 3. The van der Waals surface area contributed by atoms with Crippen molar-refractivity contribution in [1.82, 2.24) is 41.6 Å². The number of anilines is 1. The molecule has 0 fully saturated rings. The average Bonchev–Trinajstić information content (AvgIpc) is 1.65. The van der Waals surface area contributed by atoms with Crippen molar-refractivity contribution in [2.75, 3.05) is 97.7 Å². The van der Waals surface area contributed by atoms with Crippen LogP contribution in [0.3, 0.4) is 0 Å². The van der Waals surface area contributed by atoms with E-state index in [1.165, 1.54) is 0 Å². The molecule has 0 aliphatic rings. The maximum absolute atomic E-state index is 13.7. The number of esters is 3. The summed E-state index contributed by atoms with van der Waals surface area (Å²) in [6.45, 7) is 29.2. The fraction of sp³-hybridized carbons (Fsp3) is 0.699. The molecule has 6 amide bonds. The number of hydrogen-bond acceptors (Lipinski definition) is 20. The number of carbonyl (C=O) groups is 8. The Hall–Kier alpha value is -7.30. The van der Waals surface area contributed by atoms with Gasteiger partial charge < -0.3 is 79.3 Å². The first-order chi connectivity index (χ1) is 47.4. The summed E-state index contributed by atoms with van der Waals surface area (Å²) in [6, 6.07) is 13.4. The van der Waals surface area contributed by atoms with Crippen LogP contribution < -0.4 is 31.9 Å². The van der Waals surface area contributed by atoms with Crippen molar-refractivity contribution in [3.05, 3.63) is 66.4 Å². The Morgan fingerprint density at radius 1 is 0.520 bits per heavy atom. The van der Waals surface area contributed by atoms with Gasteiger partial charge in [-0.1, -0.05) is 94.6 Å². The van der Waals surface area contributed by atoms with E-state index in [0.717, 1.165) is 36.1 Å². The van der Waals surface area contributed by atoms with Crippen molar-refractivity contribution in [3.8, 4) is 11.3 Å². The Bertz CT molecular complexity index is 2850. The Kier molecular flexibility index (Phi) is 41.5. The van der Waals surface area contributed by atoms with Crippen LogP contribution in [0.5, 0.6) is 0 Å². The van der Waals surface area contributed by atoms with Crippen molar-refractivity contribution in [2.24, 2.45) is 11.3 Å². The summed E-state index contributed by atoms with van der Waals surface area (Å²) in [4.78, 5) is 104. The van der Waals surface area contributed by atoms with Crippen molar-refractivity contribution in [1.29, 1.82) is 0 Å². The second kappa shape index (κ2) is 47.7. The molecule has 0 saturated heterocycles. The number of carbonyl (C=O) groups excluding carboxylic acids is 8. The second-order valence-electron chi connectivity index (χ2n) is 28.5. The molecule has 6 N–H and O–H groups in total. The first-order valence-electron chi connectivity index (χ1n) is 35.4. The molecule has 3 aromatic rings. The number of ketones is 1. The van der Waals surface area contributed by atoms with Gasteiger partial charge in [0, 0.05) is 55.6 Å². The zero-order valence-corrected chi connectivity index (χ0v) is 62.0. The smallest absolute Gasteiger partial charge is 0.407 e. The minimum atomic E-state index is -0.952. The summed E-state index contributed by atoms with van der Waals surface area (Å²) in [5.41, 5.74) is 0.371. The molecule has 27 heteroatoms. The SMILES string of the molecule is CCCCC[C@H](CC(=O)CCOCCOCCOCCOCCOCCOCCn1nncc1-c1cccc(NC(=O)NCCCC[C@H](NC(=O)N[C@@H](CCC(=O)OC(C)(C)C)C(C)(C)C)C(=O)OC(C)(C)C)c1)C(=O)N[C@@H](CCCCNC(=O)OCc1ccccc1)C(=O)OC(C)(C)C. The van der Waals surface area contributed by atoms with Crippen LogP contribution in [0.25, 0.3) is 11.3 Å². The van der Waals surface area contributed by atoms with E-state index in [0.29, 0.717) is 136 Å². The minimum absolute atomic E-state index is 0.0279. The summed E-state index contributed by atoms with van der Waals surface area (Å²) >= 11 is 0. The summed E-state index contributed by atoms with van der Waals surface area (Å²) in [5.74, 6) is -2.57. The molecule has 1 aromatic heterocycles. The average molecular weight is 1410 g/mol. The van der Waals surface area contributed by atoms with Gasteiger partial charge in [0.15, 0.2) is 0 Å². The van der Waals surface area contributed by atoms with E-state index in [2.05, 4.69) is 49.1 Å². The molecule has 0 unspecified atom stereocenters. The van der Waals surface area contributed by atoms with Crippen LogP contribution in [0.2, 0.25) is 0 Å². The molecular weight excluding hydrogens is 1290 g/mol. The number of nitrogens with zero attached hydrogens (tertiary/aromatic N) is 3. The molecule has 0 aliphatic heterocycles. The van der Waals surface area contributed by atoms with Gasteiger partial charge in [-0.2, -0.15) is 0 Å². The summed E-state index contributed by atoms with van der Waals surface area (Å²) in [6.07, 6.45) is 7.45. The molecule has 0 spiro atoms. The van der Waals surface area contributed by atoms with Crippen molar-refractivity contribution >= 4 is 53.4 Å². The van der Waals surface area contributed by atoms with Gasteiger partial charge in [0.1, 0.15) is 41.3 Å². The van der Waals surface area contributed by atoms with Crippen LogP contribution >= 0.6 is 0 Å².